The normalized spacial score (nSPS) is 25.1. The Labute approximate surface area is 95.6 Å². The van der Waals surface area contributed by atoms with E-state index in [9.17, 15) is 0 Å². The molecule has 15 heavy (non-hydrogen) atoms. The van der Waals surface area contributed by atoms with Crippen molar-refractivity contribution in [1.82, 2.24) is 5.32 Å². The van der Waals surface area contributed by atoms with Crippen molar-refractivity contribution in [3.05, 3.63) is 22.4 Å². The van der Waals surface area contributed by atoms with Gasteiger partial charge in [-0.05, 0) is 37.3 Å². The zero-order chi connectivity index (χ0) is 10.5. The van der Waals surface area contributed by atoms with E-state index >= 15 is 0 Å². The van der Waals surface area contributed by atoms with Crippen molar-refractivity contribution in [2.24, 2.45) is 0 Å². The van der Waals surface area contributed by atoms with Gasteiger partial charge < -0.3 is 10.1 Å². The highest BCUT2D eigenvalue weighted by Crippen LogP contribution is 2.25. The molecule has 1 saturated carbocycles. The molecule has 2 rings (SSSR count). The summed E-state index contributed by atoms with van der Waals surface area (Å²) in [7, 11) is 0. The van der Waals surface area contributed by atoms with Crippen LogP contribution >= 0.6 is 11.3 Å². The van der Waals surface area contributed by atoms with Crippen molar-refractivity contribution in [1.29, 1.82) is 0 Å². The van der Waals surface area contributed by atoms with Gasteiger partial charge in [-0.3, -0.25) is 0 Å². The first-order valence-corrected chi connectivity index (χ1v) is 6.64. The van der Waals surface area contributed by atoms with Gasteiger partial charge in [0.2, 0.25) is 0 Å². The first-order valence-electron chi connectivity index (χ1n) is 5.76. The fourth-order valence-corrected chi connectivity index (χ4v) is 2.44. The maximum absolute atomic E-state index is 5.80. The summed E-state index contributed by atoms with van der Waals surface area (Å²) in [5.74, 6) is 0. The fraction of sp³-hybridized carbons (Fsp3) is 0.667. The summed E-state index contributed by atoms with van der Waals surface area (Å²) in [4.78, 5) is 1.33. The molecule has 0 aromatic carbocycles. The summed E-state index contributed by atoms with van der Waals surface area (Å²) < 4.78 is 5.80. The van der Waals surface area contributed by atoms with E-state index in [4.69, 9.17) is 4.74 Å². The smallest absolute Gasteiger partial charge is 0.0813 e. The molecular formula is C12H19NOS. The molecule has 3 heteroatoms. The van der Waals surface area contributed by atoms with Gasteiger partial charge >= 0.3 is 0 Å². The molecule has 1 aliphatic carbocycles. The van der Waals surface area contributed by atoms with E-state index in [2.05, 4.69) is 29.8 Å². The van der Waals surface area contributed by atoms with Crippen molar-refractivity contribution in [2.75, 3.05) is 6.54 Å². The van der Waals surface area contributed by atoms with Crippen LogP contribution in [0.5, 0.6) is 0 Å². The molecule has 1 fully saturated rings. The van der Waals surface area contributed by atoms with Crippen molar-refractivity contribution in [3.63, 3.8) is 0 Å². The molecule has 84 valence electrons. The average molecular weight is 225 g/mol. The summed E-state index contributed by atoms with van der Waals surface area (Å²) >= 11 is 1.77. The Morgan fingerprint density at radius 1 is 1.53 bits per heavy atom. The Morgan fingerprint density at radius 3 is 3.07 bits per heavy atom. The number of nitrogens with one attached hydrogen (secondary N) is 1. The molecule has 2 nitrogen and oxygen atoms in total. The second-order valence-electron chi connectivity index (χ2n) is 4.13. The maximum atomic E-state index is 5.80. The minimum atomic E-state index is 0.487. The summed E-state index contributed by atoms with van der Waals surface area (Å²) in [6.45, 7) is 4.14. The van der Waals surface area contributed by atoms with Crippen molar-refractivity contribution < 1.29 is 4.74 Å². The highest BCUT2D eigenvalue weighted by molar-refractivity contribution is 7.09. The molecule has 1 aromatic heterocycles. The summed E-state index contributed by atoms with van der Waals surface area (Å²) in [6.07, 6.45) is 4.08. The van der Waals surface area contributed by atoms with Crippen LogP contribution in [-0.4, -0.2) is 18.7 Å². The first kappa shape index (κ1) is 11.1. The lowest BCUT2D eigenvalue weighted by Gasteiger charge is -2.35. The molecule has 1 N–H and O–H groups in total. The van der Waals surface area contributed by atoms with Gasteiger partial charge in [0.15, 0.2) is 0 Å². The third-order valence-corrected chi connectivity index (χ3v) is 3.67. The molecule has 0 atom stereocenters. The molecule has 0 aliphatic heterocycles. The van der Waals surface area contributed by atoms with E-state index in [1.807, 2.05) is 0 Å². The van der Waals surface area contributed by atoms with Crippen LogP contribution in [0.1, 0.15) is 31.1 Å². The molecule has 0 unspecified atom stereocenters. The molecule has 0 spiro atoms. The van der Waals surface area contributed by atoms with Gasteiger partial charge in [0, 0.05) is 10.9 Å². The van der Waals surface area contributed by atoms with Gasteiger partial charge in [-0.15, -0.1) is 11.3 Å². The van der Waals surface area contributed by atoms with E-state index in [1.165, 1.54) is 24.1 Å². The quantitative estimate of drug-likeness (QED) is 0.804. The zero-order valence-electron chi connectivity index (χ0n) is 9.24. The lowest BCUT2D eigenvalue weighted by Crippen LogP contribution is -2.45. The average Bonchev–Trinajstić information content (AvgIpc) is 2.67. The minimum absolute atomic E-state index is 0.487. The number of thiophene rings is 1. The van der Waals surface area contributed by atoms with Gasteiger partial charge in [0.1, 0.15) is 0 Å². The van der Waals surface area contributed by atoms with E-state index in [0.29, 0.717) is 12.1 Å². The van der Waals surface area contributed by atoms with Gasteiger partial charge in [0.25, 0.3) is 0 Å². The molecule has 1 aliphatic rings. The highest BCUT2D eigenvalue weighted by atomic mass is 32.1. The maximum Gasteiger partial charge on any atom is 0.0813 e. The zero-order valence-corrected chi connectivity index (χ0v) is 10.1. The summed E-state index contributed by atoms with van der Waals surface area (Å²) in [5.41, 5.74) is 0. The van der Waals surface area contributed by atoms with Crippen LogP contribution in [0, 0.1) is 0 Å². The van der Waals surface area contributed by atoms with Crippen LogP contribution in [0.3, 0.4) is 0 Å². The van der Waals surface area contributed by atoms with Gasteiger partial charge in [-0.2, -0.15) is 0 Å². The molecule has 1 aromatic rings. The number of ether oxygens (including phenoxy) is 1. The van der Waals surface area contributed by atoms with E-state index in [0.717, 1.165) is 13.2 Å². The van der Waals surface area contributed by atoms with Crippen LogP contribution in [0.4, 0.5) is 0 Å². The van der Waals surface area contributed by atoms with Gasteiger partial charge in [-0.25, -0.2) is 0 Å². The SMILES string of the molecule is CCCNC1CC(OCc2cccs2)C1. The van der Waals surface area contributed by atoms with Crippen molar-refractivity contribution in [3.8, 4) is 0 Å². The molecule has 0 radical (unpaired) electrons. The predicted octanol–water partition coefficient (Wildman–Crippen LogP) is 2.80. The van der Waals surface area contributed by atoms with Gasteiger partial charge in [-0.1, -0.05) is 13.0 Å². The monoisotopic (exact) mass is 225 g/mol. The molecule has 0 saturated heterocycles. The van der Waals surface area contributed by atoms with Crippen molar-refractivity contribution in [2.45, 2.75) is 44.9 Å². The van der Waals surface area contributed by atoms with E-state index < -0.39 is 0 Å². The Hall–Kier alpha value is -0.380. The van der Waals surface area contributed by atoms with Crippen LogP contribution in [-0.2, 0) is 11.3 Å². The minimum Gasteiger partial charge on any atom is -0.373 e. The Kier molecular flexibility index (Phi) is 4.18. The molecule has 0 bridgehead atoms. The second kappa shape index (κ2) is 5.64. The molecular weight excluding hydrogens is 206 g/mol. The van der Waals surface area contributed by atoms with Gasteiger partial charge in [0.05, 0.1) is 12.7 Å². The predicted molar refractivity (Wildman–Crippen MR) is 64.2 cm³/mol. The van der Waals surface area contributed by atoms with Crippen LogP contribution in [0.2, 0.25) is 0 Å². The molecule has 0 amide bonds. The summed E-state index contributed by atoms with van der Waals surface area (Å²) in [5, 5.41) is 5.62. The van der Waals surface area contributed by atoms with Crippen molar-refractivity contribution >= 4 is 11.3 Å². The number of hydrogen-bond acceptors (Lipinski definition) is 3. The standard InChI is InChI=1S/C12H19NOS/c1-2-5-13-10-7-11(8-10)14-9-12-4-3-6-15-12/h3-4,6,10-11,13H,2,5,7-9H2,1H3. The van der Waals surface area contributed by atoms with Crippen LogP contribution < -0.4 is 5.32 Å². The third-order valence-electron chi connectivity index (χ3n) is 2.82. The first-order chi connectivity index (χ1) is 7.38. The van der Waals surface area contributed by atoms with Crippen LogP contribution in [0.15, 0.2) is 17.5 Å². The van der Waals surface area contributed by atoms with E-state index in [1.54, 1.807) is 11.3 Å². The Morgan fingerprint density at radius 2 is 2.40 bits per heavy atom. The Balaban J connectivity index is 1.56. The Bertz CT molecular complexity index is 267. The lowest BCUT2D eigenvalue weighted by atomic mass is 9.89. The number of rotatable bonds is 6. The summed E-state index contributed by atoms with van der Waals surface area (Å²) in [6, 6.07) is 4.92. The lowest BCUT2D eigenvalue weighted by molar-refractivity contribution is -0.0253. The topological polar surface area (TPSA) is 21.3 Å². The second-order valence-corrected chi connectivity index (χ2v) is 5.17. The van der Waals surface area contributed by atoms with Crippen LogP contribution in [0.25, 0.3) is 0 Å². The highest BCUT2D eigenvalue weighted by Gasteiger charge is 2.28. The number of hydrogen-bond donors (Lipinski definition) is 1. The van der Waals surface area contributed by atoms with E-state index in [-0.39, 0.29) is 0 Å². The third kappa shape index (κ3) is 3.30. The largest absolute Gasteiger partial charge is 0.373 e. The fourth-order valence-electron chi connectivity index (χ4n) is 1.81. The molecule has 1 heterocycles.